The Hall–Kier alpha value is -2.12. The number of hydrogen-bond acceptors (Lipinski definition) is 3. The molecule has 3 heteroatoms. The molecule has 3 saturated heterocycles. The summed E-state index contributed by atoms with van der Waals surface area (Å²) < 4.78 is 5.95. The van der Waals surface area contributed by atoms with Gasteiger partial charge >= 0.3 is 0 Å². The van der Waals surface area contributed by atoms with E-state index in [4.69, 9.17) is 4.74 Å². The van der Waals surface area contributed by atoms with Crippen LogP contribution >= 0.6 is 0 Å². The maximum absolute atomic E-state index is 11.6. The summed E-state index contributed by atoms with van der Waals surface area (Å²) in [5, 5.41) is 11.6. The lowest BCUT2D eigenvalue weighted by atomic mass is 9.75. The third-order valence-corrected chi connectivity index (χ3v) is 5.91. The Morgan fingerprint density at radius 2 is 1.54 bits per heavy atom. The van der Waals surface area contributed by atoms with E-state index >= 15 is 0 Å². The fourth-order valence-electron chi connectivity index (χ4n) is 4.31. The molecule has 0 saturated carbocycles. The number of nitrogens with zero attached hydrogens (tertiary/aromatic N) is 1. The molecule has 1 atom stereocenters. The summed E-state index contributed by atoms with van der Waals surface area (Å²) in [5.74, 6) is 7.05. The molecule has 0 radical (unpaired) electrons. The Labute approximate surface area is 155 Å². The number of ether oxygens (including phenoxy) is 1. The van der Waals surface area contributed by atoms with Gasteiger partial charge in [-0.2, -0.15) is 0 Å². The van der Waals surface area contributed by atoms with Crippen LogP contribution in [0.4, 0.5) is 0 Å². The van der Waals surface area contributed by atoms with E-state index < -0.39 is 11.2 Å². The molecule has 0 aromatic heterocycles. The van der Waals surface area contributed by atoms with Crippen LogP contribution in [0.1, 0.15) is 24.0 Å². The number of methoxy groups -OCH3 is 1. The van der Waals surface area contributed by atoms with E-state index in [0.29, 0.717) is 5.92 Å². The SMILES string of the molecule is COC1(C#CC(O)(c2ccccc2)c2ccccc2)CN2CCC1CC2. The van der Waals surface area contributed by atoms with Crippen LogP contribution in [0, 0.1) is 17.8 Å². The molecule has 3 nitrogen and oxygen atoms in total. The molecule has 1 unspecified atom stereocenters. The van der Waals surface area contributed by atoms with Crippen LogP contribution in [0.25, 0.3) is 0 Å². The Morgan fingerprint density at radius 3 is 1.96 bits per heavy atom. The first-order valence-electron chi connectivity index (χ1n) is 9.31. The fourth-order valence-corrected chi connectivity index (χ4v) is 4.31. The summed E-state index contributed by atoms with van der Waals surface area (Å²) in [6.07, 6.45) is 2.22. The van der Waals surface area contributed by atoms with Gasteiger partial charge in [0.1, 0.15) is 5.60 Å². The lowest BCUT2D eigenvalue weighted by molar-refractivity contribution is -0.0964. The summed E-state index contributed by atoms with van der Waals surface area (Å²) in [4.78, 5) is 2.42. The van der Waals surface area contributed by atoms with E-state index in [-0.39, 0.29) is 0 Å². The van der Waals surface area contributed by atoms with Crippen molar-refractivity contribution in [2.24, 2.45) is 5.92 Å². The Bertz CT molecular complexity index is 761. The third kappa shape index (κ3) is 2.95. The first kappa shape index (κ1) is 17.3. The third-order valence-electron chi connectivity index (χ3n) is 5.91. The molecule has 0 amide bonds. The number of rotatable bonds is 3. The summed E-state index contributed by atoms with van der Waals surface area (Å²) in [7, 11) is 1.75. The van der Waals surface area contributed by atoms with E-state index in [1.165, 1.54) is 0 Å². The first-order chi connectivity index (χ1) is 12.7. The Balaban J connectivity index is 1.79. The molecule has 26 heavy (non-hydrogen) atoms. The van der Waals surface area contributed by atoms with E-state index in [0.717, 1.165) is 43.6 Å². The highest BCUT2D eigenvalue weighted by molar-refractivity contribution is 5.45. The smallest absolute Gasteiger partial charge is 0.176 e. The van der Waals surface area contributed by atoms with Gasteiger partial charge in [-0.25, -0.2) is 0 Å². The summed E-state index contributed by atoms with van der Waals surface area (Å²) >= 11 is 0. The van der Waals surface area contributed by atoms with E-state index in [2.05, 4.69) is 16.7 Å². The number of hydrogen-bond donors (Lipinski definition) is 1. The second-order valence-corrected chi connectivity index (χ2v) is 7.34. The number of aliphatic hydroxyl groups is 1. The standard InChI is InChI=1S/C23H25NO2/c1-26-22(18-24-16-12-19(22)13-17-24)14-15-23(25,20-8-4-2-5-9-20)21-10-6-3-7-11-21/h2-11,19,25H,12-13,16-18H2,1H3. The minimum absolute atomic E-state index is 0.431. The van der Waals surface area contributed by atoms with Crippen LogP contribution in [0.5, 0.6) is 0 Å². The largest absolute Gasteiger partial charge is 0.369 e. The molecule has 3 aliphatic rings. The van der Waals surface area contributed by atoms with Gasteiger partial charge in [-0.3, -0.25) is 4.90 Å². The lowest BCUT2D eigenvalue weighted by Gasteiger charge is -2.49. The monoisotopic (exact) mass is 347 g/mol. The second-order valence-electron chi connectivity index (χ2n) is 7.34. The lowest BCUT2D eigenvalue weighted by Crippen LogP contribution is -2.59. The molecule has 0 aliphatic carbocycles. The highest BCUT2D eigenvalue weighted by Gasteiger charge is 2.46. The highest BCUT2D eigenvalue weighted by atomic mass is 16.5. The normalized spacial score (nSPS) is 27.6. The maximum Gasteiger partial charge on any atom is 0.176 e. The van der Waals surface area contributed by atoms with Crippen molar-refractivity contribution < 1.29 is 9.84 Å². The van der Waals surface area contributed by atoms with Crippen molar-refractivity contribution in [1.82, 2.24) is 4.90 Å². The van der Waals surface area contributed by atoms with Gasteiger partial charge in [0.25, 0.3) is 0 Å². The van der Waals surface area contributed by atoms with Crippen molar-refractivity contribution in [1.29, 1.82) is 0 Å². The zero-order valence-corrected chi connectivity index (χ0v) is 15.2. The molecule has 2 aromatic rings. The van der Waals surface area contributed by atoms with Gasteiger partial charge in [-0.1, -0.05) is 72.5 Å². The fraction of sp³-hybridized carbons (Fsp3) is 0.391. The maximum atomic E-state index is 11.6. The summed E-state index contributed by atoms with van der Waals surface area (Å²) in [6.45, 7) is 3.07. The van der Waals surface area contributed by atoms with Crippen molar-refractivity contribution in [2.45, 2.75) is 24.0 Å². The molecule has 2 bridgehead atoms. The van der Waals surface area contributed by atoms with Crippen molar-refractivity contribution in [3.63, 3.8) is 0 Å². The van der Waals surface area contributed by atoms with Crippen LogP contribution in [0.15, 0.2) is 60.7 Å². The van der Waals surface area contributed by atoms with Crippen LogP contribution < -0.4 is 0 Å². The minimum atomic E-state index is -1.35. The molecule has 2 aromatic carbocycles. The van der Waals surface area contributed by atoms with Crippen LogP contribution in [-0.2, 0) is 10.3 Å². The zero-order chi connectivity index (χ0) is 18.0. The van der Waals surface area contributed by atoms with Crippen molar-refractivity contribution >= 4 is 0 Å². The van der Waals surface area contributed by atoms with Crippen LogP contribution in [0.3, 0.4) is 0 Å². The van der Waals surface area contributed by atoms with Gasteiger partial charge in [0.15, 0.2) is 5.60 Å². The van der Waals surface area contributed by atoms with Gasteiger partial charge in [0.2, 0.25) is 0 Å². The van der Waals surface area contributed by atoms with Gasteiger partial charge < -0.3 is 9.84 Å². The Kier molecular flexibility index (Phi) is 4.58. The minimum Gasteiger partial charge on any atom is -0.369 e. The topological polar surface area (TPSA) is 32.7 Å². The quantitative estimate of drug-likeness (QED) is 0.867. The molecule has 1 N–H and O–H groups in total. The summed E-state index contributed by atoms with van der Waals surface area (Å²) in [5.41, 5.74) is -0.272. The molecule has 3 heterocycles. The van der Waals surface area contributed by atoms with E-state index in [9.17, 15) is 5.11 Å². The number of piperidine rings is 3. The molecule has 0 spiro atoms. The average molecular weight is 347 g/mol. The van der Waals surface area contributed by atoms with Crippen molar-refractivity contribution in [3.05, 3.63) is 71.8 Å². The van der Waals surface area contributed by atoms with Crippen molar-refractivity contribution in [2.75, 3.05) is 26.7 Å². The average Bonchev–Trinajstić information content (AvgIpc) is 2.74. The number of benzene rings is 2. The van der Waals surface area contributed by atoms with Crippen molar-refractivity contribution in [3.8, 4) is 11.8 Å². The van der Waals surface area contributed by atoms with Crippen LogP contribution in [-0.4, -0.2) is 42.4 Å². The van der Waals surface area contributed by atoms with E-state index in [1.54, 1.807) is 7.11 Å². The predicted molar refractivity (Wildman–Crippen MR) is 103 cm³/mol. The van der Waals surface area contributed by atoms with Gasteiger partial charge in [0, 0.05) is 30.7 Å². The van der Waals surface area contributed by atoms with Gasteiger partial charge in [-0.15, -0.1) is 0 Å². The molecule has 134 valence electrons. The predicted octanol–water partition coefficient (Wildman–Crippen LogP) is 3.04. The molecule has 5 rings (SSSR count). The van der Waals surface area contributed by atoms with Gasteiger partial charge in [0.05, 0.1) is 0 Å². The first-order valence-corrected chi connectivity index (χ1v) is 9.31. The van der Waals surface area contributed by atoms with E-state index in [1.807, 2.05) is 60.7 Å². The molecular formula is C23H25NO2. The Morgan fingerprint density at radius 1 is 1.00 bits per heavy atom. The highest BCUT2D eigenvalue weighted by Crippen LogP contribution is 2.38. The zero-order valence-electron chi connectivity index (χ0n) is 15.2. The molecule has 3 fully saturated rings. The molecular weight excluding hydrogens is 322 g/mol. The molecule has 3 aliphatic heterocycles. The number of fused-ring (bicyclic) bond motifs is 3. The second kappa shape index (κ2) is 6.89. The summed E-state index contributed by atoms with van der Waals surface area (Å²) in [6, 6.07) is 19.4. The van der Waals surface area contributed by atoms with Gasteiger partial charge in [-0.05, 0) is 25.9 Å². The van der Waals surface area contributed by atoms with Crippen LogP contribution in [0.2, 0.25) is 0 Å².